The Balaban J connectivity index is 2.47. The van der Waals surface area contributed by atoms with Crippen LogP contribution in [0.5, 0.6) is 0 Å². The summed E-state index contributed by atoms with van der Waals surface area (Å²) >= 11 is 1.29. The van der Waals surface area contributed by atoms with Crippen LogP contribution in [0.3, 0.4) is 0 Å². The molecule has 0 bridgehead atoms. The number of amides is 1. The highest BCUT2D eigenvalue weighted by Gasteiger charge is 2.11. The second kappa shape index (κ2) is 5.99. The minimum Gasteiger partial charge on any atom is -0.302 e. The zero-order valence-electron chi connectivity index (χ0n) is 11.3. The van der Waals surface area contributed by atoms with Crippen molar-refractivity contribution in [2.24, 2.45) is 5.10 Å². The van der Waals surface area contributed by atoms with E-state index in [2.05, 4.69) is 20.8 Å². The summed E-state index contributed by atoms with van der Waals surface area (Å²) in [6.45, 7) is 3.28. The van der Waals surface area contributed by atoms with Gasteiger partial charge in [0.25, 0.3) is 0 Å². The molecule has 1 amide bonds. The highest BCUT2D eigenvalue weighted by molar-refractivity contribution is 7.23. The number of benzene rings is 1. The van der Waals surface area contributed by atoms with Crippen molar-refractivity contribution >= 4 is 44.0 Å². The summed E-state index contributed by atoms with van der Waals surface area (Å²) < 4.78 is 0.790. The fraction of sp³-hybridized carbons (Fsp3) is 0.154. The van der Waals surface area contributed by atoms with Crippen molar-refractivity contribution in [2.75, 3.05) is 10.7 Å². The zero-order chi connectivity index (χ0) is 15.4. The number of hydrogen-bond acceptors (Lipinski definition) is 7. The van der Waals surface area contributed by atoms with Gasteiger partial charge in [-0.15, -0.1) is 0 Å². The van der Waals surface area contributed by atoms with E-state index in [0.717, 1.165) is 10.3 Å². The lowest BCUT2D eigenvalue weighted by molar-refractivity contribution is -0.114. The molecule has 2 aromatic rings. The van der Waals surface area contributed by atoms with E-state index in [1.54, 1.807) is 12.1 Å². The van der Waals surface area contributed by atoms with Crippen molar-refractivity contribution in [3.8, 4) is 12.1 Å². The number of anilines is 2. The minimum absolute atomic E-state index is 0.199. The lowest BCUT2D eigenvalue weighted by Crippen LogP contribution is -2.04. The third-order valence-electron chi connectivity index (χ3n) is 2.54. The topological polar surface area (TPSA) is 114 Å². The normalized spacial score (nSPS) is 9.52. The molecule has 1 aromatic carbocycles. The number of nitrogens with zero attached hydrogens (tertiary/aromatic N) is 4. The maximum atomic E-state index is 11.1. The van der Waals surface area contributed by atoms with Gasteiger partial charge in [0.1, 0.15) is 12.1 Å². The quantitative estimate of drug-likeness (QED) is 0.667. The molecule has 0 radical (unpaired) electrons. The van der Waals surface area contributed by atoms with Gasteiger partial charge < -0.3 is 5.32 Å². The lowest BCUT2D eigenvalue weighted by Gasteiger charge is -2.04. The number of rotatable bonds is 3. The molecule has 104 valence electrons. The van der Waals surface area contributed by atoms with Gasteiger partial charge in [-0.25, -0.2) is 4.98 Å². The van der Waals surface area contributed by atoms with Crippen LogP contribution in [-0.2, 0) is 4.79 Å². The molecule has 2 rings (SSSR count). The van der Waals surface area contributed by atoms with E-state index in [1.807, 2.05) is 19.1 Å². The maximum absolute atomic E-state index is 11.1. The highest BCUT2D eigenvalue weighted by atomic mass is 32.1. The Kier molecular flexibility index (Phi) is 4.12. The average Bonchev–Trinajstić information content (AvgIpc) is 2.83. The van der Waals surface area contributed by atoms with E-state index in [1.165, 1.54) is 18.3 Å². The largest absolute Gasteiger partial charge is 0.302 e. The Hall–Kier alpha value is -2.97. The number of hydrazone groups is 1. The molecule has 2 N–H and O–H groups in total. The molecule has 0 atom stereocenters. The summed E-state index contributed by atoms with van der Waals surface area (Å²) in [5, 5.41) is 24.2. The number of thiazole rings is 1. The van der Waals surface area contributed by atoms with Gasteiger partial charge >= 0.3 is 0 Å². The Bertz CT molecular complexity index is 808. The van der Waals surface area contributed by atoms with Gasteiger partial charge in [0.15, 0.2) is 5.13 Å². The van der Waals surface area contributed by atoms with E-state index >= 15 is 0 Å². The fourth-order valence-corrected chi connectivity index (χ4v) is 2.68. The molecule has 7 nitrogen and oxygen atoms in total. The number of aromatic nitrogens is 1. The molecular formula is C13H10N6OS. The van der Waals surface area contributed by atoms with E-state index in [0.29, 0.717) is 16.3 Å². The second-order valence-electron chi connectivity index (χ2n) is 4.10. The van der Waals surface area contributed by atoms with Crippen LogP contribution < -0.4 is 10.7 Å². The number of carbonyl (C=O) groups is 1. The SMILES string of the molecule is CC(=O)Nc1nc2ccc(C)c(NN=C(C#N)C#N)c2s1. The third-order valence-corrected chi connectivity index (χ3v) is 3.54. The molecule has 0 fully saturated rings. The van der Waals surface area contributed by atoms with Crippen LogP contribution >= 0.6 is 11.3 Å². The molecule has 1 heterocycles. The van der Waals surface area contributed by atoms with E-state index in [9.17, 15) is 4.79 Å². The summed E-state index contributed by atoms with van der Waals surface area (Å²) in [5.41, 5.74) is 4.70. The van der Waals surface area contributed by atoms with Crippen molar-refractivity contribution in [3.63, 3.8) is 0 Å². The van der Waals surface area contributed by atoms with Crippen molar-refractivity contribution in [2.45, 2.75) is 13.8 Å². The van der Waals surface area contributed by atoms with Gasteiger partial charge in [-0.1, -0.05) is 17.4 Å². The summed E-state index contributed by atoms with van der Waals surface area (Å²) in [6.07, 6.45) is 0. The van der Waals surface area contributed by atoms with Crippen molar-refractivity contribution in [1.82, 2.24) is 4.98 Å². The Morgan fingerprint density at radius 3 is 2.71 bits per heavy atom. The number of nitriles is 2. The smallest absolute Gasteiger partial charge is 0.237 e. The van der Waals surface area contributed by atoms with Gasteiger partial charge in [0, 0.05) is 6.92 Å². The van der Waals surface area contributed by atoms with Crippen LogP contribution in [0.15, 0.2) is 17.2 Å². The highest BCUT2D eigenvalue weighted by Crippen LogP contribution is 2.34. The lowest BCUT2D eigenvalue weighted by atomic mass is 10.2. The first-order valence-electron chi connectivity index (χ1n) is 5.86. The van der Waals surface area contributed by atoms with Gasteiger partial charge in [0.2, 0.25) is 11.6 Å². The number of aryl methyl sites for hydroxylation is 1. The van der Waals surface area contributed by atoms with Gasteiger partial charge in [-0.2, -0.15) is 15.6 Å². The molecule has 0 aliphatic carbocycles. The molecule has 0 unspecified atom stereocenters. The summed E-state index contributed by atoms with van der Waals surface area (Å²) in [4.78, 5) is 15.4. The molecule has 0 aliphatic heterocycles. The molecule has 0 saturated heterocycles. The van der Waals surface area contributed by atoms with Crippen molar-refractivity contribution in [1.29, 1.82) is 10.5 Å². The minimum atomic E-state index is -0.266. The van der Waals surface area contributed by atoms with Gasteiger partial charge in [-0.3, -0.25) is 10.2 Å². The van der Waals surface area contributed by atoms with Crippen LogP contribution in [-0.4, -0.2) is 16.6 Å². The number of hydrogen-bond donors (Lipinski definition) is 2. The fourth-order valence-electron chi connectivity index (χ4n) is 1.62. The first-order valence-corrected chi connectivity index (χ1v) is 6.68. The summed E-state index contributed by atoms with van der Waals surface area (Å²) in [6, 6.07) is 7.03. The Morgan fingerprint density at radius 1 is 1.38 bits per heavy atom. The van der Waals surface area contributed by atoms with Crippen molar-refractivity contribution in [3.05, 3.63) is 17.7 Å². The molecule has 0 spiro atoms. The standard InChI is InChI=1S/C13H10N6OS/c1-7-3-4-10-12(21-13(17-10)16-8(2)20)11(7)19-18-9(5-14)6-15/h3-4,19H,1-2H3,(H,16,17,20). The van der Waals surface area contributed by atoms with Crippen LogP contribution in [0, 0.1) is 29.6 Å². The van der Waals surface area contributed by atoms with E-state index in [-0.39, 0.29) is 11.6 Å². The molecule has 1 aromatic heterocycles. The molecule has 21 heavy (non-hydrogen) atoms. The molecule has 0 aliphatic rings. The molecule has 8 heteroatoms. The first-order chi connectivity index (χ1) is 10.0. The van der Waals surface area contributed by atoms with Crippen LogP contribution in [0.4, 0.5) is 10.8 Å². The van der Waals surface area contributed by atoms with Crippen LogP contribution in [0.1, 0.15) is 12.5 Å². The average molecular weight is 298 g/mol. The van der Waals surface area contributed by atoms with Crippen molar-refractivity contribution < 1.29 is 4.79 Å². The number of carbonyl (C=O) groups excluding carboxylic acids is 1. The van der Waals surface area contributed by atoms with E-state index in [4.69, 9.17) is 10.5 Å². The molecular weight excluding hydrogens is 288 g/mol. The number of fused-ring (bicyclic) bond motifs is 1. The third kappa shape index (κ3) is 3.14. The zero-order valence-corrected chi connectivity index (χ0v) is 12.1. The van der Waals surface area contributed by atoms with Crippen LogP contribution in [0.25, 0.3) is 10.2 Å². The van der Waals surface area contributed by atoms with Gasteiger partial charge in [-0.05, 0) is 18.6 Å². The number of nitrogens with one attached hydrogen (secondary N) is 2. The summed E-state index contributed by atoms with van der Waals surface area (Å²) in [7, 11) is 0. The monoisotopic (exact) mass is 298 g/mol. The molecule has 0 saturated carbocycles. The predicted octanol–water partition coefficient (Wildman–Crippen LogP) is 2.38. The Labute approximate surface area is 124 Å². The maximum Gasteiger partial charge on any atom is 0.237 e. The van der Waals surface area contributed by atoms with Crippen LogP contribution in [0.2, 0.25) is 0 Å². The first kappa shape index (κ1) is 14.4. The van der Waals surface area contributed by atoms with Gasteiger partial charge in [0.05, 0.1) is 15.9 Å². The second-order valence-corrected chi connectivity index (χ2v) is 5.10. The summed E-state index contributed by atoms with van der Waals surface area (Å²) in [5.74, 6) is -0.199. The Morgan fingerprint density at radius 2 is 2.10 bits per heavy atom. The predicted molar refractivity (Wildman–Crippen MR) is 80.9 cm³/mol. The van der Waals surface area contributed by atoms with E-state index < -0.39 is 0 Å².